The summed E-state index contributed by atoms with van der Waals surface area (Å²) in [5.41, 5.74) is 0. The monoisotopic (exact) mass is 259 g/mol. The summed E-state index contributed by atoms with van der Waals surface area (Å²) < 4.78 is 25.3. The lowest BCUT2D eigenvalue weighted by Crippen LogP contribution is -2.40. The first-order valence-corrected chi connectivity index (χ1v) is 6.63. The van der Waals surface area contributed by atoms with E-state index in [-0.39, 0.29) is 11.6 Å². The normalized spacial score (nSPS) is 21.8. The van der Waals surface area contributed by atoms with Crippen LogP contribution in [0, 0.1) is 6.92 Å². The number of imidazole rings is 1. The van der Waals surface area contributed by atoms with Gasteiger partial charge in [0, 0.05) is 6.54 Å². The first-order valence-electron chi connectivity index (χ1n) is 5.19. The fourth-order valence-electron chi connectivity index (χ4n) is 1.93. The number of aromatic amines is 1. The second-order valence-corrected chi connectivity index (χ2v) is 5.80. The molecule has 1 fully saturated rings. The highest BCUT2D eigenvalue weighted by atomic mass is 32.2. The minimum Gasteiger partial charge on any atom is -0.480 e. The summed E-state index contributed by atoms with van der Waals surface area (Å²) in [4.78, 5) is 17.4. The summed E-state index contributed by atoms with van der Waals surface area (Å²) in [6.45, 7) is 1.87. The van der Waals surface area contributed by atoms with Gasteiger partial charge in [-0.25, -0.2) is 13.4 Å². The Hall–Kier alpha value is -1.41. The number of nitrogens with zero attached hydrogens (tertiary/aromatic N) is 2. The Kier molecular flexibility index (Phi) is 2.92. The molecule has 2 rings (SSSR count). The molecule has 94 valence electrons. The number of carbonyl (C=O) groups is 1. The first kappa shape index (κ1) is 12.1. The van der Waals surface area contributed by atoms with Gasteiger partial charge in [0.05, 0.1) is 6.20 Å². The van der Waals surface area contributed by atoms with E-state index >= 15 is 0 Å². The van der Waals surface area contributed by atoms with Crippen LogP contribution in [-0.2, 0) is 14.8 Å². The minimum absolute atomic E-state index is 0.0526. The van der Waals surface area contributed by atoms with Crippen molar-refractivity contribution in [3.63, 3.8) is 0 Å². The van der Waals surface area contributed by atoms with E-state index in [2.05, 4.69) is 9.97 Å². The average molecular weight is 259 g/mol. The van der Waals surface area contributed by atoms with Gasteiger partial charge in [0.25, 0.3) is 10.0 Å². The van der Waals surface area contributed by atoms with Crippen molar-refractivity contribution in [1.82, 2.24) is 14.3 Å². The summed E-state index contributed by atoms with van der Waals surface area (Å²) in [5.74, 6) is -0.628. The molecule has 0 saturated carbocycles. The van der Waals surface area contributed by atoms with Gasteiger partial charge in [0.1, 0.15) is 11.9 Å². The Balaban J connectivity index is 2.36. The summed E-state index contributed by atoms with van der Waals surface area (Å²) in [5, 5.41) is 8.91. The number of carboxylic acids is 1. The molecule has 1 aromatic heterocycles. The zero-order valence-corrected chi connectivity index (χ0v) is 10.1. The maximum atomic E-state index is 12.2. The van der Waals surface area contributed by atoms with Gasteiger partial charge in [0.2, 0.25) is 0 Å². The van der Waals surface area contributed by atoms with Gasteiger partial charge in [-0.1, -0.05) is 0 Å². The smallest absolute Gasteiger partial charge is 0.322 e. The highest BCUT2D eigenvalue weighted by molar-refractivity contribution is 7.89. The average Bonchev–Trinajstić information content (AvgIpc) is 2.84. The van der Waals surface area contributed by atoms with Crippen LogP contribution in [0.2, 0.25) is 0 Å². The number of sulfonamides is 1. The van der Waals surface area contributed by atoms with E-state index in [9.17, 15) is 13.2 Å². The van der Waals surface area contributed by atoms with Gasteiger partial charge in [-0.05, 0) is 19.8 Å². The topological polar surface area (TPSA) is 103 Å². The van der Waals surface area contributed by atoms with Crippen LogP contribution < -0.4 is 0 Å². The lowest BCUT2D eigenvalue weighted by molar-refractivity contribution is -0.140. The van der Waals surface area contributed by atoms with E-state index < -0.39 is 22.0 Å². The molecule has 0 amide bonds. The molecule has 2 N–H and O–H groups in total. The summed E-state index contributed by atoms with van der Waals surface area (Å²) in [6, 6.07) is -0.969. The van der Waals surface area contributed by atoms with Crippen molar-refractivity contribution >= 4 is 16.0 Å². The van der Waals surface area contributed by atoms with E-state index in [4.69, 9.17) is 5.11 Å². The van der Waals surface area contributed by atoms with Crippen LogP contribution in [0.15, 0.2) is 11.2 Å². The van der Waals surface area contributed by atoms with Crippen LogP contribution in [0.5, 0.6) is 0 Å². The molecule has 1 atom stereocenters. The molecule has 1 aromatic rings. The van der Waals surface area contributed by atoms with Crippen molar-refractivity contribution in [2.75, 3.05) is 6.54 Å². The summed E-state index contributed by atoms with van der Waals surface area (Å²) in [7, 11) is -3.78. The van der Waals surface area contributed by atoms with E-state index in [0.29, 0.717) is 18.7 Å². The first-order chi connectivity index (χ1) is 7.93. The van der Waals surface area contributed by atoms with Gasteiger partial charge in [-0.15, -0.1) is 0 Å². The maximum absolute atomic E-state index is 12.2. The molecule has 2 heterocycles. The van der Waals surface area contributed by atoms with Crippen LogP contribution in [0.1, 0.15) is 18.7 Å². The number of hydrogen-bond donors (Lipinski definition) is 2. The van der Waals surface area contributed by atoms with E-state index in [1.54, 1.807) is 6.92 Å². The van der Waals surface area contributed by atoms with Gasteiger partial charge in [-0.3, -0.25) is 4.79 Å². The second kappa shape index (κ2) is 4.11. The molecule has 0 radical (unpaired) electrons. The van der Waals surface area contributed by atoms with Crippen molar-refractivity contribution in [3.05, 3.63) is 12.0 Å². The van der Waals surface area contributed by atoms with Crippen LogP contribution >= 0.6 is 0 Å². The lowest BCUT2D eigenvalue weighted by atomic mass is 10.2. The van der Waals surface area contributed by atoms with Gasteiger partial charge < -0.3 is 10.1 Å². The standard InChI is InChI=1S/C9H13N3O4S/c1-6-10-5-8(11-6)17(15,16)12-4-2-3-7(12)9(13)14/h5,7H,2-4H2,1H3,(H,10,11)(H,13,14)/t7-/m0/s1. The largest absolute Gasteiger partial charge is 0.480 e. The fourth-order valence-corrected chi connectivity index (χ4v) is 3.55. The molecule has 7 nitrogen and oxygen atoms in total. The molecule has 8 heteroatoms. The molecule has 0 unspecified atom stereocenters. The molecule has 17 heavy (non-hydrogen) atoms. The third-order valence-electron chi connectivity index (χ3n) is 2.75. The number of carboxylic acid groups (broad SMARTS) is 1. The van der Waals surface area contributed by atoms with Gasteiger partial charge >= 0.3 is 5.97 Å². The van der Waals surface area contributed by atoms with Crippen molar-refractivity contribution in [3.8, 4) is 0 Å². The number of hydrogen-bond acceptors (Lipinski definition) is 4. The molecule has 0 spiro atoms. The van der Waals surface area contributed by atoms with Crippen LogP contribution in [0.3, 0.4) is 0 Å². The summed E-state index contributed by atoms with van der Waals surface area (Å²) in [6.07, 6.45) is 2.12. The Morgan fingerprint density at radius 1 is 1.65 bits per heavy atom. The van der Waals surface area contributed by atoms with Crippen molar-refractivity contribution in [1.29, 1.82) is 0 Å². The SMILES string of the molecule is Cc1ncc(S(=O)(=O)N2CCC[C@H]2C(=O)O)[nH]1. The predicted octanol–water partition coefficient (Wildman–Crippen LogP) is -0.0442. The Morgan fingerprint density at radius 2 is 2.35 bits per heavy atom. The third kappa shape index (κ3) is 2.05. The van der Waals surface area contributed by atoms with Crippen molar-refractivity contribution in [2.24, 2.45) is 0 Å². The molecule has 1 aliphatic heterocycles. The maximum Gasteiger partial charge on any atom is 0.322 e. The van der Waals surface area contributed by atoms with Crippen molar-refractivity contribution in [2.45, 2.75) is 30.8 Å². The Morgan fingerprint density at radius 3 is 2.88 bits per heavy atom. The van der Waals surface area contributed by atoms with Crippen LogP contribution in [-0.4, -0.2) is 46.4 Å². The number of rotatable bonds is 3. The van der Waals surface area contributed by atoms with E-state index in [0.717, 1.165) is 4.31 Å². The molecule has 0 bridgehead atoms. The minimum atomic E-state index is -3.78. The lowest BCUT2D eigenvalue weighted by Gasteiger charge is -2.19. The van der Waals surface area contributed by atoms with E-state index in [1.165, 1.54) is 6.20 Å². The van der Waals surface area contributed by atoms with E-state index in [1.807, 2.05) is 0 Å². The summed E-state index contributed by atoms with van der Waals surface area (Å²) >= 11 is 0. The highest BCUT2D eigenvalue weighted by Crippen LogP contribution is 2.25. The van der Waals surface area contributed by atoms with Gasteiger partial charge in [0.15, 0.2) is 5.03 Å². The fraction of sp³-hybridized carbons (Fsp3) is 0.556. The Labute approximate surface area is 98.5 Å². The zero-order valence-electron chi connectivity index (χ0n) is 9.25. The zero-order chi connectivity index (χ0) is 12.6. The number of aromatic nitrogens is 2. The van der Waals surface area contributed by atoms with Crippen LogP contribution in [0.4, 0.5) is 0 Å². The molecular weight excluding hydrogens is 246 g/mol. The number of H-pyrrole nitrogens is 1. The quantitative estimate of drug-likeness (QED) is 0.792. The Bertz CT molecular complexity index is 536. The number of aryl methyl sites for hydroxylation is 1. The predicted molar refractivity (Wildman–Crippen MR) is 57.9 cm³/mol. The second-order valence-electron chi connectivity index (χ2n) is 3.94. The highest BCUT2D eigenvalue weighted by Gasteiger charge is 2.40. The molecule has 1 saturated heterocycles. The van der Waals surface area contributed by atoms with Crippen LogP contribution in [0.25, 0.3) is 0 Å². The molecule has 1 aliphatic rings. The molecule has 0 aromatic carbocycles. The van der Waals surface area contributed by atoms with Crippen molar-refractivity contribution < 1.29 is 18.3 Å². The number of aliphatic carboxylic acids is 1. The van der Waals surface area contributed by atoms with Gasteiger partial charge in [-0.2, -0.15) is 4.31 Å². The molecular formula is C9H13N3O4S. The molecule has 0 aliphatic carbocycles. The number of nitrogens with one attached hydrogen (secondary N) is 1. The third-order valence-corrected chi connectivity index (χ3v) is 4.57.